The van der Waals surface area contributed by atoms with Gasteiger partial charge >= 0.3 is 12.6 Å². The summed E-state index contributed by atoms with van der Waals surface area (Å²) in [5.74, 6) is 1.08. The molecule has 2 aromatic heterocycles. The normalized spacial score (nSPS) is 18.7. The number of fused-ring (bicyclic) bond motifs is 1. The van der Waals surface area contributed by atoms with E-state index in [0.717, 1.165) is 55.4 Å². The number of carbonyl (C=O) groups excluding carboxylic acids is 2. The second kappa shape index (κ2) is 18.7. The fraction of sp³-hybridized carbons (Fsp3) is 0.500. The number of nitrogens with one attached hydrogen (secondary N) is 2. The number of ether oxygens (including phenoxy) is 2. The molecular weight excluding hydrogens is 771 g/mol. The van der Waals surface area contributed by atoms with Crippen molar-refractivity contribution in [1.29, 1.82) is 5.26 Å². The fourth-order valence-corrected chi connectivity index (χ4v) is 9.42. The van der Waals surface area contributed by atoms with Crippen LogP contribution in [0.4, 0.5) is 25.3 Å². The molecule has 3 aliphatic rings. The maximum absolute atomic E-state index is 13.8. The first-order chi connectivity index (χ1) is 28.1. The van der Waals surface area contributed by atoms with Crippen LogP contribution in [0.1, 0.15) is 61.1 Å². The Morgan fingerprint density at radius 1 is 1.03 bits per heavy atom. The third kappa shape index (κ3) is 9.77. The molecule has 2 atom stereocenters. The number of halogens is 2. The number of carbonyl (C=O) groups is 2. The quantitative estimate of drug-likeness (QED) is 0.166. The largest absolute Gasteiger partial charge is 0.432 e. The SMILES string of the molecule is COCCC(Cc1cc(S(=O)N2CCC(Nc3ncc(OC(F)F)cn3)CC2)ccc1C#N)CN1CCC(c2ccc3c(N4CCC(=O)NC4=O)nn(C)c3c2)CC1. The number of imide groups is 1. The monoisotopic (exact) mass is 818 g/mol. The number of nitrogens with zero attached hydrogens (tertiary/aromatic N) is 8. The number of amides is 3. The van der Waals surface area contributed by atoms with Gasteiger partial charge in [-0.15, -0.1) is 0 Å². The van der Waals surface area contributed by atoms with Crippen LogP contribution in [0.25, 0.3) is 10.9 Å². The molecule has 0 radical (unpaired) electrons. The van der Waals surface area contributed by atoms with E-state index in [2.05, 4.69) is 53.5 Å². The van der Waals surface area contributed by atoms with Gasteiger partial charge in [-0.25, -0.2) is 23.3 Å². The second-order valence-corrected chi connectivity index (χ2v) is 16.5. The van der Waals surface area contributed by atoms with E-state index >= 15 is 0 Å². The van der Waals surface area contributed by atoms with Gasteiger partial charge in [0, 0.05) is 64.8 Å². The molecule has 5 heterocycles. The summed E-state index contributed by atoms with van der Waals surface area (Å²) >= 11 is 0. The minimum atomic E-state index is -2.94. The lowest BCUT2D eigenvalue weighted by molar-refractivity contribution is -0.120. The lowest BCUT2D eigenvalue weighted by atomic mass is 9.87. The van der Waals surface area contributed by atoms with Gasteiger partial charge < -0.3 is 19.7 Å². The van der Waals surface area contributed by atoms with Crippen molar-refractivity contribution in [3.8, 4) is 11.8 Å². The first-order valence-corrected chi connectivity index (χ1v) is 20.7. The molecule has 18 heteroatoms. The summed E-state index contributed by atoms with van der Waals surface area (Å²) in [5, 5.41) is 21.2. The van der Waals surface area contributed by atoms with Crippen LogP contribution in [0.5, 0.6) is 5.75 Å². The molecule has 3 saturated heterocycles. The number of rotatable bonds is 15. The van der Waals surface area contributed by atoms with E-state index in [1.165, 1.54) is 22.9 Å². The number of urea groups is 1. The Morgan fingerprint density at radius 2 is 1.79 bits per heavy atom. The summed E-state index contributed by atoms with van der Waals surface area (Å²) in [7, 11) is 2.15. The van der Waals surface area contributed by atoms with E-state index in [9.17, 15) is 27.8 Å². The van der Waals surface area contributed by atoms with Crippen LogP contribution in [0.2, 0.25) is 0 Å². The Kier molecular flexibility index (Phi) is 13.2. The van der Waals surface area contributed by atoms with Gasteiger partial charge in [0.25, 0.3) is 0 Å². The van der Waals surface area contributed by atoms with Crippen molar-refractivity contribution < 1.29 is 32.1 Å². The van der Waals surface area contributed by atoms with Crippen molar-refractivity contribution in [2.24, 2.45) is 13.0 Å². The summed E-state index contributed by atoms with van der Waals surface area (Å²) in [5.41, 5.74) is 3.65. The van der Waals surface area contributed by atoms with E-state index in [4.69, 9.17) is 4.74 Å². The number of methoxy groups -OCH3 is 1. The van der Waals surface area contributed by atoms with E-state index in [1.807, 2.05) is 23.5 Å². The number of aryl methyl sites for hydroxylation is 1. The molecule has 7 rings (SSSR count). The molecule has 58 heavy (non-hydrogen) atoms. The minimum Gasteiger partial charge on any atom is -0.432 e. The van der Waals surface area contributed by atoms with Gasteiger partial charge in [0.15, 0.2) is 11.6 Å². The molecule has 0 aliphatic carbocycles. The Morgan fingerprint density at radius 3 is 2.48 bits per heavy atom. The molecule has 3 aliphatic heterocycles. The molecule has 4 aromatic rings. The average molecular weight is 819 g/mol. The van der Waals surface area contributed by atoms with Crippen LogP contribution >= 0.6 is 0 Å². The highest BCUT2D eigenvalue weighted by Gasteiger charge is 2.30. The van der Waals surface area contributed by atoms with Crippen molar-refractivity contribution in [2.75, 3.05) is 63.2 Å². The number of benzene rings is 2. The Balaban J connectivity index is 0.945. The van der Waals surface area contributed by atoms with E-state index in [-0.39, 0.29) is 30.0 Å². The highest BCUT2D eigenvalue weighted by atomic mass is 32.2. The summed E-state index contributed by atoms with van der Waals surface area (Å²) in [6.07, 6.45) is 7.47. The number of alkyl halides is 2. The molecule has 3 amide bonds. The van der Waals surface area contributed by atoms with Crippen LogP contribution in [-0.4, -0.2) is 111 Å². The molecule has 15 nitrogen and oxygen atoms in total. The van der Waals surface area contributed by atoms with Crippen molar-refractivity contribution in [1.82, 2.24) is 34.3 Å². The lowest BCUT2D eigenvalue weighted by Crippen LogP contribution is -2.49. The number of anilines is 2. The molecule has 2 N–H and O–H groups in total. The van der Waals surface area contributed by atoms with Crippen LogP contribution in [0, 0.1) is 17.2 Å². The van der Waals surface area contributed by atoms with Crippen molar-refractivity contribution in [3.63, 3.8) is 0 Å². The van der Waals surface area contributed by atoms with E-state index < -0.39 is 23.6 Å². The van der Waals surface area contributed by atoms with E-state index in [0.29, 0.717) is 73.6 Å². The highest BCUT2D eigenvalue weighted by Crippen LogP contribution is 2.34. The topological polar surface area (TPSA) is 171 Å². The minimum absolute atomic E-state index is 0.0291. The number of likely N-dealkylation sites (tertiary alicyclic amines) is 1. The van der Waals surface area contributed by atoms with Crippen molar-refractivity contribution >= 4 is 45.6 Å². The maximum atomic E-state index is 13.8. The Bertz CT molecular complexity index is 2150. The molecule has 0 saturated carbocycles. The number of nitriles is 1. The van der Waals surface area contributed by atoms with Crippen LogP contribution in [0.15, 0.2) is 53.7 Å². The predicted molar refractivity (Wildman–Crippen MR) is 213 cm³/mol. The third-order valence-electron chi connectivity index (χ3n) is 11.3. The van der Waals surface area contributed by atoms with Gasteiger partial charge in [0.2, 0.25) is 11.9 Å². The van der Waals surface area contributed by atoms with Gasteiger partial charge in [-0.2, -0.15) is 19.1 Å². The molecule has 0 bridgehead atoms. The maximum Gasteiger partial charge on any atom is 0.387 e. The number of aromatic nitrogens is 4. The van der Waals surface area contributed by atoms with Gasteiger partial charge in [-0.1, -0.05) is 6.07 Å². The molecule has 0 spiro atoms. The van der Waals surface area contributed by atoms with Crippen LogP contribution in [-0.2, 0) is 34.0 Å². The molecular formula is C40H48F2N10O5S. The number of hydrogen-bond acceptors (Lipinski definition) is 11. The molecule has 2 aromatic carbocycles. The smallest absolute Gasteiger partial charge is 0.387 e. The summed E-state index contributed by atoms with van der Waals surface area (Å²) in [4.78, 5) is 37.0. The summed E-state index contributed by atoms with van der Waals surface area (Å²) < 4.78 is 52.3. The molecule has 308 valence electrons. The highest BCUT2D eigenvalue weighted by molar-refractivity contribution is 7.82. The Hall–Kier alpha value is -5.09. The average Bonchev–Trinajstić information content (AvgIpc) is 3.55. The zero-order chi connectivity index (χ0) is 40.8. The Labute approximate surface area is 338 Å². The van der Waals surface area contributed by atoms with Crippen LogP contribution in [0.3, 0.4) is 0 Å². The van der Waals surface area contributed by atoms with Crippen molar-refractivity contribution in [3.05, 3.63) is 65.5 Å². The number of piperidine rings is 2. The first-order valence-electron chi connectivity index (χ1n) is 19.6. The van der Waals surface area contributed by atoms with Crippen molar-refractivity contribution in [2.45, 2.75) is 68.4 Å². The van der Waals surface area contributed by atoms with Gasteiger partial charge in [0.05, 0.1) is 34.4 Å². The summed E-state index contributed by atoms with van der Waals surface area (Å²) in [6, 6.07) is 13.8. The molecule has 3 fully saturated rings. The second-order valence-electron chi connectivity index (χ2n) is 15.1. The molecule has 2 unspecified atom stereocenters. The van der Waals surface area contributed by atoms with Gasteiger partial charge in [-0.05, 0) is 105 Å². The van der Waals surface area contributed by atoms with Gasteiger partial charge in [-0.3, -0.25) is 19.7 Å². The number of hydrogen-bond donors (Lipinski definition) is 2. The van der Waals surface area contributed by atoms with E-state index in [1.54, 1.807) is 23.9 Å². The third-order valence-corrected chi connectivity index (χ3v) is 12.7. The summed E-state index contributed by atoms with van der Waals surface area (Å²) in [6.45, 7) is 1.78. The standard InChI is InChI=1S/C40H48F2N10O5S/c1-49-35-21-28(4-6-34(35)37(48-49)52-17-11-36(53)47-40(52)54)27-7-13-50(14-8-27)25-26(12-18-56-2)19-30-20-33(5-3-29(30)22-43)58(55)51-15-9-31(10-16-51)46-39-44-23-32(24-45-39)57-38(41)42/h3-6,20-21,23-24,26-27,31,38H,7-19,25H2,1-2H3,(H,44,45,46)(H,47,53,54). The lowest BCUT2D eigenvalue weighted by Gasteiger charge is -2.35. The first kappa shape index (κ1) is 41.1. The predicted octanol–water partition coefficient (Wildman–Crippen LogP) is 4.96. The van der Waals surface area contributed by atoms with Gasteiger partial charge in [0.1, 0.15) is 11.0 Å². The zero-order valence-corrected chi connectivity index (χ0v) is 33.4. The zero-order valence-electron chi connectivity index (χ0n) is 32.6. The fourth-order valence-electron chi connectivity index (χ4n) is 8.15. The van der Waals surface area contributed by atoms with Crippen LogP contribution < -0.4 is 20.3 Å².